The maximum atomic E-state index is 12.6. The molecule has 3 rings (SSSR count). The Morgan fingerprint density at radius 3 is 2.38 bits per heavy atom. The molecule has 1 unspecified atom stereocenters. The predicted molar refractivity (Wildman–Crippen MR) is 104 cm³/mol. The van der Waals surface area contributed by atoms with Crippen molar-refractivity contribution >= 4 is 23.4 Å². The minimum absolute atomic E-state index is 0.109. The fraction of sp³-hybridized carbons (Fsp3) is 0.250. The summed E-state index contributed by atoms with van der Waals surface area (Å²) < 4.78 is 5.57. The molecular weight excluding hydrogens is 346 g/mol. The highest BCUT2D eigenvalue weighted by Gasteiger charge is 2.20. The van der Waals surface area contributed by atoms with E-state index >= 15 is 0 Å². The Balaban J connectivity index is 1.71. The lowest BCUT2D eigenvalue weighted by molar-refractivity contribution is -0.115. The van der Waals surface area contributed by atoms with E-state index in [-0.39, 0.29) is 17.1 Å². The number of amides is 1. The molecule has 26 heavy (non-hydrogen) atoms. The van der Waals surface area contributed by atoms with Crippen LogP contribution in [0.15, 0.2) is 64.2 Å². The minimum Gasteiger partial charge on any atom is -0.416 e. The fourth-order valence-corrected chi connectivity index (χ4v) is 3.09. The molecule has 2 aromatic carbocycles. The zero-order valence-corrected chi connectivity index (χ0v) is 15.8. The van der Waals surface area contributed by atoms with Gasteiger partial charge in [0.1, 0.15) is 0 Å². The van der Waals surface area contributed by atoms with Gasteiger partial charge in [0.2, 0.25) is 11.8 Å². The van der Waals surface area contributed by atoms with Gasteiger partial charge in [-0.15, -0.1) is 10.2 Å². The topological polar surface area (TPSA) is 68.0 Å². The van der Waals surface area contributed by atoms with Crippen LogP contribution >= 0.6 is 11.8 Å². The maximum Gasteiger partial charge on any atom is 0.277 e. The number of nitrogens with zero attached hydrogens (tertiary/aromatic N) is 2. The summed E-state index contributed by atoms with van der Waals surface area (Å²) >= 11 is 1.26. The molecular formula is C20H21N3O2S. The molecule has 1 aromatic heterocycles. The molecule has 0 radical (unpaired) electrons. The standard InChI is InChI=1S/C20H21N3O2S/c1-13(2)19-22-23-20(25-19)26-14(3)18(24)21-17-12-8-7-11-16(17)15-9-5-4-6-10-15/h4-14H,1-3H3,(H,21,24). The summed E-state index contributed by atoms with van der Waals surface area (Å²) in [6.45, 7) is 5.79. The quantitative estimate of drug-likeness (QED) is 0.622. The lowest BCUT2D eigenvalue weighted by Gasteiger charge is -2.14. The number of nitrogens with one attached hydrogen (secondary N) is 1. The first kappa shape index (κ1) is 18.2. The van der Waals surface area contributed by atoms with E-state index in [2.05, 4.69) is 15.5 Å². The number of carbonyl (C=O) groups is 1. The van der Waals surface area contributed by atoms with Gasteiger partial charge in [0, 0.05) is 17.2 Å². The minimum atomic E-state index is -0.362. The Labute approximate surface area is 157 Å². The largest absolute Gasteiger partial charge is 0.416 e. The van der Waals surface area contributed by atoms with Crippen LogP contribution in [-0.4, -0.2) is 21.4 Å². The monoisotopic (exact) mass is 367 g/mol. The molecule has 0 aliphatic carbocycles. The summed E-state index contributed by atoms with van der Waals surface area (Å²) in [7, 11) is 0. The molecule has 0 bridgehead atoms. The van der Waals surface area contributed by atoms with Crippen molar-refractivity contribution in [2.75, 3.05) is 5.32 Å². The number of benzene rings is 2. The lowest BCUT2D eigenvalue weighted by Crippen LogP contribution is -2.22. The summed E-state index contributed by atoms with van der Waals surface area (Å²) in [6.07, 6.45) is 0. The lowest BCUT2D eigenvalue weighted by atomic mass is 10.0. The van der Waals surface area contributed by atoms with E-state index in [1.807, 2.05) is 75.4 Å². The second kappa shape index (κ2) is 8.19. The molecule has 0 saturated heterocycles. The van der Waals surface area contributed by atoms with Gasteiger partial charge in [0.05, 0.1) is 5.25 Å². The molecule has 134 valence electrons. The van der Waals surface area contributed by atoms with Crippen molar-refractivity contribution < 1.29 is 9.21 Å². The van der Waals surface area contributed by atoms with Crippen LogP contribution in [0, 0.1) is 0 Å². The zero-order chi connectivity index (χ0) is 18.5. The third-order valence-corrected chi connectivity index (χ3v) is 4.77. The number of carbonyl (C=O) groups excluding carboxylic acids is 1. The van der Waals surface area contributed by atoms with Crippen LogP contribution in [0.25, 0.3) is 11.1 Å². The molecule has 0 fully saturated rings. The molecule has 3 aromatic rings. The summed E-state index contributed by atoms with van der Waals surface area (Å²) in [5, 5.41) is 11.1. The highest BCUT2D eigenvalue weighted by atomic mass is 32.2. The van der Waals surface area contributed by atoms with E-state index in [1.54, 1.807) is 0 Å². The van der Waals surface area contributed by atoms with Crippen LogP contribution in [0.1, 0.15) is 32.6 Å². The van der Waals surface area contributed by atoms with Gasteiger partial charge in [-0.1, -0.05) is 74.1 Å². The number of rotatable bonds is 6. The molecule has 1 heterocycles. The van der Waals surface area contributed by atoms with Crippen LogP contribution in [0.2, 0.25) is 0 Å². The number of hydrogen-bond donors (Lipinski definition) is 1. The van der Waals surface area contributed by atoms with Crippen LogP contribution in [0.5, 0.6) is 0 Å². The number of para-hydroxylation sites is 1. The van der Waals surface area contributed by atoms with Crippen molar-refractivity contribution in [2.24, 2.45) is 0 Å². The molecule has 1 N–H and O–H groups in total. The van der Waals surface area contributed by atoms with E-state index in [9.17, 15) is 4.79 Å². The van der Waals surface area contributed by atoms with Gasteiger partial charge in [-0.05, 0) is 18.6 Å². The van der Waals surface area contributed by atoms with Gasteiger partial charge in [0.15, 0.2) is 0 Å². The molecule has 0 spiro atoms. The Bertz CT molecular complexity index is 878. The number of aromatic nitrogens is 2. The van der Waals surface area contributed by atoms with E-state index in [0.29, 0.717) is 11.1 Å². The highest BCUT2D eigenvalue weighted by molar-refractivity contribution is 8.00. The van der Waals surface area contributed by atoms with Crippen molar-refractivity contribution in [3.8, 4) is 11.1 Å². The molecule has 0 aliphatic rings. The summed E-state index contributed by atoms with van der Waals surface area (Å²) in [5.74, 6) is 0.635. The number of hydrogen-bond acceptors (Lipinski definition) is 5. The zero-order valence-electron chi connectivity index (χ0n) is 15.0. The van der Waals surface area contributed by atoms with Crippen LogP contribution in [0.4, 0.5) is 5.69 Å². The molecule has 1 amide bonds. The summed E-state index contributed by atoms with van der Waals surface area (Å²) in [6, 6.07) is 17.7. The average Bonchev–Trinajstić information content (AvgIpc) is 3.11. The fourth-order valence-electron chi connectivity index (χ4n) is 2.40. The van der Waals surface area contributed by atoms with E-state index in [0.717, 1.165) is 16.8 Å². The molecule has 6 heteroatoms. The molecule has 1 atom stereocenters. The van der Waals surface area contributed by atoms with E-state index in [4.69, 9.17) is 4.42 Å². The van der Waals surface area contributed by atoms with Crippen LogP contribution < -0.4 is 5.32 Å². The van der Waals surface area contributed by atoms with Gasteiger partial charge in [-0.25, -0.2) is 0 Å². The van der Waals surface area contributed by atoms with E-state index < -0.39 is 0 Å². The second-order valence-corrected chi connectivity index (χ2v) is 7.51. The average molecular weight is 367 g/mol. The molecule has 5 nitrogen and oxygen atoms in total. The van der Waals surface area contributed by atoms with E-state index in [1.165, 1.54) is 11.8 Å². The molecule has 0 saturated carbocycles. The normalized spacial score (nSPS) is 12.2. The number of thioether (sulfide) groups is 1. The first-order valence-electron chi connectivity index (χ1n) is 8.50. The predicted octanol–water partition coefficient (Wildman–Crippen LogP) is 4.98. The molecule has 0 aliphatic heterocycles. The Morgan fingerprint density at radius 1 is 1.00 bits per heavy atom. The summed E-state index contributed by atoms with van der Waals surface area (Å²) in [4.78, 5) is 12.6. The number of anilines is 1. The summed E-state index contributed by atoms with van der Waals surface area (Å²) in [5.41, 5.74) is 2.82. The Kier molecular flexibility index (Phi) is 5.73. The third kappa shape index (κ3) is 4.32. The van der Waals surface area contributed by atoms with Gasteiger partial charge >= 0.3 is 0 Å². The Hall–Kier alpha value is -2.60. The van der Waals surface area contributed by atoms with Crippen LogP contribution in [0.3, 0.4) is 0 Å². The highest BCUT2D eigenvalue weighted by Crippen LogP contribution is 2.29. The van der Waals surface area contributed by atoms with Crippen molar-refractivity contribution in [3.63, 3.8) is 0 Å². The van der Waals surface area contributed by atoms with Crippen LogP contribution in [-0.2, 0) is 4.79 Å². The van der Waals surface area contributed by atoms with Gasteiger partial charge in [-0.2, -0.15) is 0 Å². The first-order valence-corrected chi connectivity index (χ1v) is 9.38. The first-order chi connectivity index (χ1) is 12.5. The Morgan fingerprint density at radius 2 is 1.69 bits per heavy atom. The maximum absolute atomic E-state index is 12.6. The third-order valence-electron chi connectivity index (χ3n) is 3.83. The van der Waals surface area contributed by atoms with Crippen molar-refractivity contribution in [1.29, 1.82) is 0 Å². The smallest absolute Gasteiger partial charge is 0.277 e. The van der Waals surface area contributed by atoms with Crippen molar-refractivity contribution in [2.45, 2.75) is 37.2 Å². The second-order valence-electron chi connectivity index (χ2n) is 6.22. The van der Waals surface area contributed by atoms with Crippen molar-refractivity contribution in [3.05, 3.63) is 60.5 Å². The van der Waals surface area contributed by atoms with Gasteiger partial charge < -0.3 is 9.73 Å². The SMILES string of the molecule is CC(Sc1nnc(C(C)C)o1)C(=O)Nc1ccccc1-c1ccccc1. The van der Waals surface area contributed by atoms with Gasteiger partial charge in [-0.3, -0.25) is 4.79 Å². The van der Waals surface area contributed by atoms with Gasteiger partial charge in [0.25, 0.3) is 5.22 Å². The van der Waals surface area contributed by atoms with Crippen molar-refractivity contribution in [1.82, 2.24) is 10.2 Å².